The molecule has 35 heavy (non-hydrogen) atoms. The molecule has 0 aromatic heterocycles. The molecule has 3 fully saturated rings. The fraction of sp³-hybridized carbons (Fsp3) is 0.889. The molecule has 1 N–H and O–H groups in total. The molecular weight excluding hydrogens is 444 g/mol. The van der Waals surface area contributed by atoms with E-state index in [4.69, 9.17) is 4.74 Å². The van der Waals surface area contributed by atoms with Gasteiger partial charge >= 0.3 is 6.09 Å². The zero-order valence-corrected chi connectivity index (χ0v) is 23.1. The van der Waals surface area contributed by atoms with Crippen LogP contribution in [-0.2, 0) is 14.3 Å². The fourth-order valence-corrected chi connectivity index (χ4v) is 5.59. The van der Waals surface area contributed by atoms with Crippen LogP contribution in [0.1, 0.15) is 80.6 Å². The third kappa shape index (κ3) is 7.83. The molecule has 3 saturated heterocycles. The van der Waals surface area contributed by atoms with Crippen molar-refractivity contribution >= 4 is 17.9 Å². The van der Waals surface area contributed by atoms with Gasteiger partial charge in [0.2, 0.25) is 11.8 Å². The molecule has 200 valence electrons. The van der Waals surface area contributed by atoms with Gasteiger partial charge in [-0.05, 0) is 77.0 Å². The Hall–Kier alpha value is -1.83. The lowest BCUT2D eigenvalue weighted by Crippen LogP contribution is -2.58. The van der Waals surface area contributed by atoms with Crippen molar-refractivity contribution in [3.8, 4) is 0 Å². The van der Waals surface area contributed by atoms with Gasteiger partial charge in [0.15, 0.2) is 0 Å². The Morgan fingerprint density at radius 3 is 2.09 bits per heavy atom. The van der Waals surface area contributed by atoms with Gasteiger partial charge in [-0.2, -0.15) is 0 Å². The number of ether oxygens (including phenoxy) is 1. The number of hydrogen-bond donors (Lipinski definition) is 1. The fourth-order valence-electron chi connectivity index (χ4n) is 5.59. The normalized spacial score (nSPS) is 23.7. The summed E-state index contributed by atoms with van der Waals surface area (Å²) in [7, 11) is 0. The highest BCUT2D eigenvalue weighted by Crippen LogP contribution is 2.30. The maximum Gasteiger partial charge on any atom is 0.410 e. The van der Waals surface area contributed by atoms with E-state index in [0.717, 1.165) is 64.8 Å². The second-order valence-electron chi connectivity index (χ2n) is 13.1. The summed E-state index contributed by atoms with van der Waals surface area (Å²) in [5.74, 6) is 1.22. The number of amides is 3. The number of carbonyl (C=O) groups excluding carboxylic acids is 3. The first kappa shape index (κ1) is 27.8. The van der Waals surface area contributed by atoms with Crippen LogP contribution in [-0.4, -0.2) is 89.6 Å². The zero-order valence-electron chi connectivity index (χ0n) is 23.1. The molecule has 8 heteroatoms. The summed E-state index contributed by atoms with van der Waals surface area (Å²) in [6, 6.07) is -0.251. The summed E-state index contributed by atoms with van der Waals surface area (Å²) < 4.78 is 5.49. The third-order valence-corrected chi connectivity index (χ3v) is 7.59. The Labute approximate surface area is 212 Å². The zero-order chi connectivity index (χ0) is 26.0. The molecule has 3 heterocycles. The van der Waals surface area contributed by atoms with Crippen LogP contribution in [0.4, 0.5) is 4.79 Å². The van der Waals surface area contributed by atoms with Crippen molar-refractivity contribution < 1.29 is 19.1 Å². The number of carbonyl (C=O) groups is 3. The summed E-state index contributed by atoms with van der Waals surface area (Å²) in [4.78, 5) is 44.2. The van der Waals surface area contributed by atoms with Crippen molar-refractivity contribution in [2.45, 2.75) is 98.3 Å². The maximum absolute atomic E-state index is 13.2. The van der Waals surface area contributed by atoms with Crippen LogP contribution in [0.15, 0.2) is 0 Å². The van der Waals surface area contributed by atoms with Crippen LogP contribution in [0.2, 0.25) is 0 Å². The van der Waals surface area contributed by atoms with Crippen molar-refractivity contribution in [1.29, 1.82) is 0 Å². The van der Waals surface area contributed by atoms with E-state index in [2.05, 4.69) is 17.1 Å². The average molecular weight is 493 g/mol. The van der Waals surface area contributed by atoms with Crippen LogP contribution in [0.5, 0.6) is 0 Å². The first-order chi connectivity index (χ1) is 16.2. The molecule has 3 aliphatic rings. The topological polar surface area (TPSA) is 82.2 Å². The average Bonchev–Trinajstić information content (AvgIpc) is 3.14. The number of likely N-dealkylation sites (tertiary alicyclic amines) is 3. The molecule has 3 aliphatic heterocycles. The molecular formula is C27H48N4O4. The minimum Gasteiger partial charge on any atom is -0.444 e. The van der Waals surface area contributed by atoms with Crippen LogP contribution in [0.25, 0.3) is 0 Å². The van der Waals surface area contributed by atoms with E-state index < -0.39 is 11.6 Å². The number of nitrogens with one attached hydrogen (secondary N) is 1. The van der Waals surface area contributed by atoms with Gasteiger partial charge in [-0.3, -0.25) is 14.5 Å². The van der Waals surface area contributed by atoms with Gasteiger partial charge in [0.05, 0.1) is 6.54 Å². The summed E-state index contributed by atoms with van der Waals surface area (Å²) >= 11 is 0. The monoisotopic (exact) mass is 492 g/mol. The van der Waals surface area contributed by atoms with Crippen LogP contribution in [0.3, 0.4) is 0 Å². The highest BCUT2D eigenvalue weighted by molar-refractivity contribution is 5.89. The standard InChI is InChI=1S/C27H48N4O4/c1-19-9-8-12-31(19)24(33)23(26(2,3)4)28-22(32)18-29-16-21(17-29)15-20-10-13-30(14-11-20)25(34)35-27(5,6)7/h19-21,23H,8-18H2,1-7H3,(H,28,32). The van der Waals surface area contributed by atoms with Gasteiger partial charge in [0.1, 0.15) is 11.6 Å². The van der Waals surface area contributed by atoms with Crippen LogP contribution >= 0.6 is 0 Å². The quantitative estimate of drug-likeness (QED) is 0.614. The predicted molar refractivity (Wildman–Crippen MR) is 137 cm³/mol. The van der Waals surface area contributed by atoms with Gasteiger partial charge in [0, 0.05) is 38.8 Å². The first-order valence-electron chi connectivity index (χ1n) is 13.5. The molecule has 0 saturated carbocycles. The number of rotatable bonds is 6. The maximum atomic E-state index is 13.2. The lowest BCUT2D eigenvalue weighted by Gasteiger charge is -2.42. The third-order valence-electron chi connectivity index (χ3n) is 7.59. The second kappa shape index (κ2) is 11.1. The van der Waals surface area contributed by atoms with Crippen LogP contribution < -0.4 is 5.32 Å². The molecule has 3 rings (SSSR count). The largest absolute Gasteiger partial charge is 0.444 e. The van der Waals surface area contributed by atoms with Gasteiger partial charge in [-0.1, -0.05) is 20.8 Å². The molecule has 0 aromatic rings. The van der Waals surface area contributed by atoms with Gasteiger partial charge in [-0.25, -0.2) is 4.79 Å². The van der Waals surface area contributed by atoms with Crippen molar-refractivity contribution in [3.63, 3.8) is 0 Å². The first-order valence-corrected chi connectivity index (χ1v) is 13.5. The minimum absolute atomic E-state index is 0.0510. The molecule has 0 spiro atoms. The van der Waals surface area contributed by atoms with E-state index in [0.29, 0.717) is 18.4 Å². The van der Waals surface area contributed by atoms with E-state index in [1.54, 1.807) is 0 Å². The summed E-state index contributed by atoms with van der Waals surface area (Å²) in [6.45, 7) is 18.4. The highest BCUT2D eigenvalue weighted by atomic mass is 16.6. The van der Waals surface area contributed by atoms with Gasteiger partial charge in [0.25, 0.3) is 0 Å². The summed E-state index contributed by atoms with van der Waals surface area (Å²) in [5, 5.41) is 3.06. The van der Waals surface area contributed by atoms with Gasteiger partial charge < -0.3 is 19.9 Å². The molecule has 0 bridgehead atoms. The Balaban J connectivity index is 1.38. The van der Waals surface area contributed by atoms with E-state index in [9.17, 15) is 14.4 Å². The highest BCUT2D eigenvalue weighted by Gasteiger charge is 2.39. The van der Waals surface area contributed by atoms with E-state index in [1.807, 2.05) is 51.3 Å². The molecule has 0 aliphatic carbocycles. The van der Waals surface area contributed by atoms with E-state index in [-0.39, 0.29) is 29.4 Å². The smallest absolute Gasteiger partial charge is 0.410 e. The molecule has 8 nitrogen and oxygen atoms in total. The Bertz CT molecular complexity index is 758. The predicted octanol–water partition coefficient (Wildman–Crippen LogP) is 3.50. The Morgan fingerprint density at radius 2 is 1.57 bits per heavy atom. The van der Waals surface area contributed by atoms with Crippen LogP contribution in [0, 0.1) is 17.3 Å². The lowest BCUT2D eigenvalue weighted by molar-refractivity contribution is -0.140. The number of hydrogen-bond acceptors (Lipinski definition) is 5. The minimum atomic E-state index is -0.497. The number of piperidine rings is 1. The van der Waals surface area contributed by atoms with Gasteiger partial charge in [-0.15, -0.1) is 0 Å². The van der Waals surface area contributed by atoms with Crippen molar-refractivity contribution in [2.75, 3.05) is 39.3 Å². The van der Waals surface area contributed by atoms with E-state index >= 15 is 0 Å². The van der Waals surface area contributed by atoms with E-state index in [1.165, 1.54) is 0 Å². The number of nitrogens with zero attached hydrogens (tertiary/aromatic N) is 3. The molecule has 0 radical (unpaired) electrons. The Kier molecular flexibility index (Phi) is 8.77. The molecule has 2 atom stereocenters. The van der Waals surface area contributed by atoms with Crippen molar-refractivity contribution in [3.05, 3.63) is 0 Å². The SMILES string of the molecule is CC1CCCN1C(=O)C(NC(=O)CN1CC(CC2CCN(C(=O)OC(C)(C)C)CC2)C1)C(C)(C)C. The van der Waals surface area contributed by atoms with Crippen molar-refractivity contribution in [2.24, 2.45) is 17.3 Å². The molecule has 2 unspecified atom stereocenters. The lowest BCUT2D eigenvalue weighted by atomic mass is 9.83. The summed E-state index contributed by atoms with van der Waals surface area (Å²) in [5.41, 5.74) is -0.789. The summed E-state index contributed by atoms with van der Waals surface area (Å²) in [6.07, 6.45) is 5.04. The van der Waals surface area contributed by atoms with Crippen molar-refractivity contribution in [1.82, 2.24) is 20.0 Å². The second-order valence-corrected chi connectivity index (χ2v) is 13.1. The molecule has 0 aromatic carbocycles. The Morgan fingerprint density at radius 1 is 0.943 bits per heavy atom. The molecule has 3 amide bonds.